The number of nitrogens with zero attached hydrogens (tertiary/aromatic N) is 2. The largest absolute Gasteiger partial charge is 0.462 e. The van der Waals surface area contributed by atoms with E-state index >= 15 is 0 Å². The van der Waals surface area contributed by atoms with Gasteiger partial charge in [-0.25, -0.2) is 4.79 Å². The second-order valence-corrected chi connectivity index (χ2v) is 5.27. The Bertz CT molecular complexity index is 741. The third-order valence-corrected chi connectivity index (χ3v) is 3.75. The van der Waals surface area contributed by atoms with Gasteiger partial charge in [-0.3, -0.25) is 0 Å². The fraction of sp³-hybridized carbons (Fsp3) is 0.176. The van der Waals surface area contributed by atoms with Gasteiger partial charge in [0.1, 0.15) is 11.6 Å². The van der Waals surface area contributed by atoms with Crippen LogP contribution in [0.2, 0.25) is 0 Å². The maximum atomic E-state index is 11.7. The van der Waals surface area contributed by atoms with Gasteiger partial charge in [-0.15, -0.1) is 11.8 Å². The lowest BCUT2D eigenvalue weighted by Crippen LogP contribution is -2.06. The molecule has 2 aromatic rings. The van der Waals surface area contributed by atoms with Gasteiger partial charge in [-0.05, 0) is 49.6 Å². The van der Waals surface area contributed by atoms with Gasteiger partial charge in [0.2, 0.25) is 0 Å². The van der Waals surface area contributed by atoms with Crippen LogP contribution in [0.1, 0.15) is 12.6 Å². The highest BCUT2D eigenvalue weighted by atomic mass is 32.2. The summed E-state index contributed by atoms with van der Waals surface area (Å²) >= 11 is 1.66. The molecule has 22 heavy (non-hydrogen) atoms. The molecule has 0 unspecified atom stereocenters. The van der Waals surface area contributed by atoms with E-state index in [9.17, 15) is 4.79 Å². The molecule has 0 spiro atoms. The summed E-state index contributed by atoms with van der Waals surface area (Å²) < 4.78 is 6.81. The van der Waals surface area contributed by atoms with Crippen LogP contribution in [0.25, 0.3) is 11.8 Å². The first kappa shape index (κ1) is 15.9. The number of hydrogen-bond acceptors (Lipinski definition) is 4. The van der Waals surface area contributed by atoms with Crippen molar-refractivity contribution in [2.24, 2.45) is 0 Å². The van der Waals surface area contributed by atoms with Crippen molar-refractivity contribution in [1.82, 2.24) is 4.57 Å². The average molecular weight is 312 g/mol. The van der Waals surface area contributed by atoms with Gasteiger partial charge in [0.05, 0.1) is 6.61 Å². The summed E-state index contributed by atoms with van der Waals surface area (Å²) in [6.45, 7) is 1.96. The number of ether oxygens (including phenoxy) is 1. The van der Waals surface area contributed by atoms with E-state index in [1.54, 1.807) is 24.8 Å². The highest BCUT2D eigenvalue weighted by Gasteiger charge is 2.11. The molecule has 0 radical (unpaired) electrons. The molecule has 0 N–H and O–H groups in total. The Kier molecular flexibility index (Phi) is 5.45. The number of carbonyl (C=O) groups excluding carboxylic acids is 1. The quantitative estimate of drug-likeness (QED) is 0.366. The molecule has 5 heteroatoms. The van der Waals surface area contributed by atoms with Crippen molar-refractivity contribution in [2.75, 3.05) is 12.9 Å². The Morgan fingerprint density at radius 2 is 2.23 bits per heavy atom. The van der Waals surface area contributed by atoms with Crippen LogP contribution < -0.4 is 0 Å². The normalized spacial score (nSPS) is 11.0. The Hall–Kier alpha value is -2.45. The molecule has 0 atom stereocenters. The van der Waals surface area contributed by atoms with Crippen molar-refractivity contribution in [3.63, 3.8) is 0 Å². The van der Waals surface area contributed by atoms with E-state index in [0.717, 1.165) is 16.3 Å². The molecule has 0 aliphatic rings. The fourth-order valence-corrected chi connectivity index (χ4v) is 2.45. The SMILES string of the molecule is CCOC(=O)/C(C#N)=C/c1cccn1-c1cccc(SC)c1. The van der Waals surface area contributed by atoms with Gasteiger partial charge in [0, 0.05) is 22.5 Å². The monoisotopic (exact) mass is 312 g/mol. The molecule has 0 fully saturated rings. The van der Waals surface area contributed by atoms with Crippen molar-refractivity contribution < 1.29 is 9.53 Å². The van der Waals surface area contributed by atoms with Crippen LogP contribution in [-0.4, -0.2) is 23.4 Å². The summed E-state index contributed by atoms with van der Waals surface area (Å²) in [6, 6.07) is 13.7. The Balaban J connectivity index is 2.41. The second-order valence-electron chi connectivity index (χ2n) is 4.39. The standard InChI is InChI=1S/C17H16N2O2S/c1-3-21-17(20)13(12-18)10-14-7-5-9-19(14)15-6-4-8-16(11-15)22-2/h4-11H,3H2,1-2H3/b13-10+. The number of hydrogen-bond donors (Lipinski definition) is 0. The zero-order chi connectivity index (χ0) is 15.9. The number of aromatic nitrogens is 1. The molecule has 0 aliphatic carbocycles. The maximum absolute atomic E-state index is 11.7. The van der Waals surface area contributed by atoms with Crippen LogP contribution in [0.3, 0.4) is 0 Å². The average Bonchev–Trinajstić information content (AvgIpc) is 3.01. The van der Waals surface area contributed by atoms with Crippen LogP contribution >= 0.6 is 11.8 Å². The third-order valence-electron chi connectivity index (χ3n) is 3.02. The zero-order valence-electron chi connectivity index (χ0n) is 12.4. The summed E-state index contributed by atoms with van der Waals surface area (Å²) in [5.41, 5.74) is 1.72. The first-order chi connectivity index (χ1) is 10.7. The molecular weight excluding hydrogens is 296 g/mol. The highest BCUT2D eigenvalue weighted by molar-refractivity contribution is 7.98. The van der Waals surface area contributed by atoms with Crippen molar-refractivity contribution >= 4 is 23.8 Å². The van der Waals surface area contributed by atoms with Crippen LogP contribution in [-0.2, 0) is 9.53 Å². The maximum Gasteiger partial charge on any atom is 0.348 e. The molecule has 1 heterocycles. The molecule has 0 saturated heterocycles. The van der Waals surface area contributed by atoms with Crippen molar-refractivity contribution in [3.05, 3.63) is 53.9 Å². The van der Waals surface area contributed by atoms with Crippen molar-refractivity contribution in [3.8, 4) is 11.8 Å². The fourth-order valence-electron chi connectivity index (χ4n) is 2.00. The van der Waals surface area contributed by atoms with Crippen molar-refractivity contribution in [1.29, 1.82) is 5.26 Å². The van der Waals surface area contributed by atoms with Gasteiger partial charge in [-0.2, -0.15) is 5.26 Å². The highest BCUT2D eigenvalue weighted by Crippen LogP contribution is 2.21. The molecule has 112 valence electrons. The Morgan fingerprint density at radius 3 is 2.91 bits per heavy atom. The summed E-state index contributed by atoms with van der Waals surface area (Å²) in [7, 11) is 0. The predicted molar refractivity (Wildman–Crippen MR) is 87.8 cm³/mol. The van der Waals surface area contributed by atoms with Crippen LogP contribution in [0, 0.1) is 11.3 Å². The number of carbonyl (C=O) groups is 1. The molecule has 0 aliphatic heterocycles. The number of nitriles is 1. The predicted octanol–water partition coefficient (Wildman–Crippen LogP) is 3.67. The van der Waals surface area contributed by atoms with E-state index in [4.69, 9.17) is 10.00 Å². The summed E-state index contributed by atoms with van der Waals surface area (Å²) in [5.74, 6) is -0.601. The van der Waals surface area contributed by atoms with Crippen LogP contribution in [0.5, 0.6) is 0 Å². The van der Waals surface area contributed by atoms with Gasteiger partial charge < -0.3 is 9.30 Å². The minimum Gasteiger partial charge on any atom is -0.462 e. The molecule has 0 amide bonds. The summed E-state index contributed by atoms with van der Waals surface area (Å²) in [4.78, 5) is 12.9. The van der Waals surface area contributed by atoms with Gasteiger partial charge in [0.15, 0.2) is 0 Å². The first-order valence-corrected chi connectivity index (χ1v) is 8.02. The van der Waals surface area contributed by atoms with E-state index in [1.807, 2.05) is 53.4 Å². The lowest BCUT2D eigenvalue weighted by molar-refractivity contribution is -0.137. The number of benzene rings is 1. The number of esters is 1. The molecular formula is C17H16N2O2S. The first-order valence-electron chi connectivity index (χ1n) is 6.80. The van der Waals surface area contributed by atoms with Crippen molar-refractivity contribution in [2.45, 2.75) is 11.8 Å². The summed E-state index contributed by atoms with van der Waals surface area (Å²) in [6.07, 6.45) is 5.46. The molecule has 2 rings (SSSR count). The Labute approximate surface area is 134 Å². The van der Waals surface area contributed by atoms with Gasteiger partial charge >= 0.3 is 5.97 Å². The molecule has 1 aromatic heterocycles. The van der Waals surface area contributed by atoms with E-state index in [2.05, 4.69) is 6.07 Å². The van der Waals surface area contributed by atoms with E-state index in [-0.39, 0.29) is 12.2 Å². The zero-order valence-corrected chi connectivity index (χ0v) is 13.3. The van der Waals surface area contributed by atoms with Crippen LogP contribution in [0.15, 0.2) is 53.1 Å². The Morgan fingerprint density at radius 1 is 1.41 bits per heavy atom. The van der Waals surface area contributed by atoms with E-state index in [1.165, 1.54) is 0 Å². The number of thioether (sulfide) groups is 1. The van der Waals surface area contributed by atoms with Gasteiger partial charge in [0.25, 0.3) is 0 Å². The minimum atomic E-state index is -0.601. The summed E-state index contributed by atoms with van der Waals surface area (Å²) in [5, 5.41) is 9.13. The van der Waals surface area contributed by atoms with E-state index in [0.29, 0.717) is 0 Å². The van der Waals surface area contributed by atoms with Gasteiger partial charge in [-0.1, -0.05) is 6.07 Å². The molecule has 4 nitrogen and oxygen atoms in total. The lowest BCUT2D eigenvalue weighted by Gasteiger charge is -2.08. The molecule has 1 aromatic carbocycles. The number of rotatable bonds is 5. The van der Waals surface area contributed by atoms with E-state index < -0.39 is 5.97 Å². The lowest BCUT2D eigenvalue weighted by atomic mass is 10.2. The van der Waals surface area contributed by atoms with Crippen LogP contribution in [0.4, 0.5) is 0 Å². The smallest absolute Gasteiger partial charge is 0.348 e. The topological polar surface area (TPSA) is 55.0 Å². The third kappa shape index (κ3) is 3.60. The minimum absolute atomic E-state index is 0.0113. The second kappa shape index (κ2) is 7.53. The molecule has 0 saturated carbocycles. The molecule has 0 bridgehead atoms.